The highest BCUT2D eigenvalue weighted by Gasteiger charge is 2.28. The first-order valence-corrected chi connectivity index (χ1v) is 6.77. The molecular weight excluding hydrogens is 204 g/mol. The Labute approximate surface area is 95.5 Å². The number of carbonyl (C=O) groups is 1. The van der Waals surface area contributed by atoms with Crippen molar-refractivity contribution in [2.75, 3.05) is 0 Å². The van der Waals surface area contributed by atoms with E-state index < -0.39 is 0 Å². The first kappa shape index (κ1) is 10.9. The summed E-state index contributed by atoms with van der Waals surface area (Å²) in [6, 6.07) is 2.06. The van der Waals surface area contributed by atoms with Crippen LogP contribution in [0.15, 0.2) is 16.8 Å². The lowest BCUT2D eigenvalue weighted by molar-refractivity contribution is -0.122. The van der Waals surface area contributed by atoms with Crippen molar-refractivity contribution in [1.82, 2.24) is 0 Å². The van der Waals surface area contributed by atoms with Crippen molar-refractivity contribution in [2.45, 2.75) is 39.0 Å². The van der Waals surface area contributed by atoms with Crippen LogP contribution >= 0.6 is 11.3 Å². The van der Waals surface area contributed by atoms with E-state index >= 15 is 0 Å². The number of rotatable bonds is 4. The quantitative estimate of drug-likeness (QED) is 0.759. The third-order valence-corrected chi connectivity index (χ3v) is 4.26. The zero-order valence-electron chi connectivity index (χ0n) is 9.24. The smallest absolute Gasteiger partial charge is 0.140 e. The molecule has 2 rings (SSSR count). The molecule has 2 heteroatoms. The van der Waals surface area contributed by atoms with Crippen LogP contribution in [-0.4, -0.2) is 5.78 Å². The highest BCUT2D eigenvalue weighted by Crippen LogP contribution is 2.34. The van der Waals surface area contributed by atoms with Gasteiger partial charge < -0.3 is 0 Å². The van der Waals surface area contributed by atoms with Gasteiger partial charge in [-0.05, 0) is 47.6 Å². The predicted molar refractivity (Wildman–Crippen MR) is 64.2 cm³/mol. The van der Waals surface area contributed by atoms with E-state index in [1.165, 1.54) is 18.4 Å². The molecule has 1 aromatic heterocycles. The Morgan fingerprint density at radius 3 is 3.00 bits per heavy atom. The maximum atomic E-state index is 12.0. The second-order valence-corrected chi connectivity index (χ2v) is 5.34. The normalized spacial score (nSPS) is 25.7. The van der Waals surface area contributed by atoms with Crippen LogP contribution in [0.3, 0.4) is 0 Å². The second-order valence-electron chi connectivity index (χ2n) is 4.56. The summed E-state index contributed by atoms with van der Waals surface area (Å²) >= 11 is 1.68. The first-order chi connectivity index (χ1) is 7.29. The van der Waals surface area contributed by atoms with E-state index in [2.05, 4.69) is 18.4 Å². The number of hydrogen-bond donors (Lipinski definition) is 0. The molecule has 1 aromatic rings. The van der Waals surface area contributed by atoms with E-state index in [-0.39, 0.29) is 0 Å². The maximum Gasteiger partial charge on any atom is 0.140 e. The molecule has 1 aliphatic rings. The Morgan fingerprint density at radius 1 is 1.53 bits per heavy atom. The van der Waals surface area contributed by atoms with Crippen molar-refractivity contribution in [3.63, 3.8) is 0 Å². The lowest BCUT2D eigenvalue weighted by Gasteiger charge is -2.08. The molecule has 1 nitrogen and oxygen atoms in total. The number of carbonyl (C=O) groups excluding carboxylic acids is 1. The Morgan fingerprint density at radius 2 is 2.40 bits per heavy atom. The average molecular weight is 222 g/mol. The van der Waals surface area contributed by atoms with E-state index in [0.717, 1.165) is 18.8 Å². The van der Waals surface area contributed by atoms with Gasteiger partial charge in [0.1, 0.15) is 5.78 Å². The molecule has 2 atom stereocenters. The van der Waals surface area contributed by atoms with E-state index in [9.17, 15) is 4.79 Å². The zero-order chi connectivity index (χ0) is 10.7. The minimum Gasteiger partial charge on any atom is -0.299 e. The molecule has 0 N–H and O–H groups in total. The van der Waals surface area contributed by atoms with Gasteiger partial charge in [-0.2, -0.15) is 11.3 Å². The monoisotopic (exact) mass is 222 g/mol. The van der Waals surface area contributed by atoms with E-state index in [1.54, 1.807) is 11.3 Å². The number of thiophene rings is 1. The van der Waals surface area contributed by atoms with Crippen molar-refractivity contribution >= 4 is 17.1 Å². The summed E-state index contributed by atoms with van der Waals surface area (Å²) in [5, 5.41) is 4.14. The average Bonchev–Trinajstić information content (AvgIpc) is 2.86. The topological polar surface area (TPSA) is 17.1 Å². The molecule has 2 unspecified atom stereocenters. The molecular formula is C13H18OS. The number of hydrogen-bond acceptors (Lipinski definition) is 2. The fraction of sp³-hybridized carbons (Fsp3) is 0.615. The third-order valence-electron chi connectivity index (χ3n) is 3.53. The van der Waals surface area contributed by atoms with E-state index in [0.29, 0.717) is 18.1 Å². The molecule has 0 spiro atoms. The van der Waals surface area contributed by atoms with Crippen LogP contribution < -0.4 is 0 Å². The van der Waals surface area contributed by atoms with Crippen LogP contribution in [0.5, 0.6) is 0 Å². The predicted octanol–water partition coefficient (Wildman–Crippen LogP) is 3.69. The van der Waals surface area contributed by atoms with Crippen LogP contribution in [-0.2, 0) is 11.2 Å². The largest absolute Gasteiger partial charge is 0.299 e. The Hall–Kier alpha value is -0.630. The fourth-order valence-corrected chi connectivity index (χ4v) is 3.15. The van der Waals surface area contributed by atoms with Crippen molar-refractivity contribution in [2.24, 2.45) is 11.8 Å². The van der Waals surface area contributed by atoms with Crippen molar-refractivity contribution in [1.29, 1.82) is 0 Å². The van der Waals surface area contributed by atoms with Gasteiger partial charge in [-0.3, -0.25) is 4.79 Å². The van der Waals surface area contributed by atoms with Gasteiger partial charge in [0.2, 0.25) is 0 Å². The van der Waals surface area contributed by atoms with Gasteiger partial charge in [0.15, 0.2) is 0 Å². The van der Waals surface area contributed by atoms with Crippen LogP contribution in [0.4, 0.5) is 0 Å². The minimum absolute atomic E-state index is 0.356. The lowest BCUT2D eigenvalue weighted by Crippen LogP contribution is -2.13. The van der Waals surface area contributed by atoms with Crippen LogP contribution in [0.1, 0.15) is 38.2 Å². The SMILES string of the molecule is CCC1CCC(C(=O)Cc2ccsc2)C1. The Kier molecular flexibility index (Phi) is 3.57. The fourth-order valence-electron chi connectivity index (χ4n) is 2.48. The van der Waals surface area contributed by atoms with Crippen LogP contribution in [0, 0.1) is 11.8 Å². The van der Waals surface area contributed by atoms with Gasteiger partial charge in [0.25, 0.3) is 0 Å². The number of ketones is 1. The summed E-state index contributed by atoms with van der Waals surface area (Å²) in [5.41, 5.74) is 1.20. The molecule has 1 saturated carbocycles. The Bertz CT molecular complexity index is 315. The molecule has 0 aromatic carbocycles. The molecule has 1 aliphatic carbocycles. The zero-order valence-corrected chi connectivity index (χ0v) is 10.1. The van der Waals surface area contributed by atoms with Crippen LogP contribution in [0.2, 0.25) is 0 Å². The molecule has 1 fully saturated rings. The molecule has 0 aliphatic heterocycles. The summed E-state index contributed by atoms with van der Waals surface area (Å²) < 4.78 is 0. The summed E-state index contributed by atoms with van der Waals surface area (Å²) in [6.45, 7) is 2.23. The van der Waals surface area contributed by atoms with Crippen molar-refractivity contribution in [3.05, 3.63) is 22.4 Å². The molecule has 0 amide bonds. The van der Waals surface area contributed by atoms with Gasteiger partial charge in [-0.15, -0.1) is 0 Å². The highest BCUT2D eigenvalue weighted by atomic mass is 32.1. The van der Waals surface area contributed by atoms with E-state index in [1.807, 2.05) is 5.38 Å². The van der Waals surface area contributed by atoms with Crippen molar-refractivity contribution in [3.8, 4) is 0 Å². The Balaban J connectivity index is 1.87. The molecule has 82 valence electrons. The van der Waals surface area contributed by atoms with Crippen LogP contribution in [0.25, 0.3) is 0 Å². The molecule has 0 bridgehead atoms. The van der Waals surface area contributed by atoms with Gasteiger partial charge in [-0.1, -0.05) is 13.3 Å². The molecule has 15 heavy (non-hydrogen) atoms. The summed E-state index contributed by atoms with van der Waals surface area (Å²) in [4.78, 5) is 12.0. The molecule has 1 heterocycles. The van der Waals surface area contributed by atoms with E-state index in [4.69, 9.17) is 0 Å². The lowest BCUT2D eigenvalue weighted by atomic mass is 9.96. The highest BCUT2D eigenvalue weighted by molar-refractivity contribution is 7.07. The van der Waals surface area contributed by atoms with Crippen molar-refractivity contribution < 1.29 is 4.79 Å². The van der Waals surface area contributed by atoms with Gasteiger partial charge in [0.05, 0.1) is 0 Å². The van der Waals surface area contributed by atoms with Gasteiger partial charge in [0, 0.05) is 12.3 Å². The molecule has 0 radical (unpaired) electrons. The standard InChI is InChI=1S/C13H18OS/c1-2-10-3-4-12(7-10)13(14)8-11-5-6-15-9-11/h5-6,9-10,12H,2-4,7-8H2,1H3. The summed E-state index contributed by atoms with van der Waals surface area (Å²) in [7, 11) is 0. The third kappa shape index (κ3) is 2.69. The summed E-state index contributed by atoms with van der Waals surface area (Å²) in [5.74, 6) is 1.63. The maximum absolute atomic E-state index is 12.0. The van der Waals surface area contributed by atoms with Gasteiger partial charge in [-0.25, -0.2) is 0 Å². The minimum atomic E-state index is 0.356. The molecule has 0 saturated heterocycles. The first-order valence-electron chi connectivity index (χ1n) is 5.83. The summed E-state index contributed by atoms with van der Waals surface area (Å²) in [6.07, 6.45) is 5.42. The van der Waals surface area contributed by atoms with Gasteiger partial charge >= 0.3 is 0 Å². The number of Topliss-reactive ketones (excluding diaryl/α,β-unsaturated/α-hetero) is 1. The second kappa shape index (κ2) is 4.93.